The van der Waals surface area contributed by atoms with E-state index in [9.17, 15) is 17.6 Å². The first-order valence-corrected chi connectivity index (χ1v) is 9.19. The van der Waals surface area contributed by atoms with Crippen LogP contribution >= 0.6 is 11.6 Å². The smallest absolute Gasteiger partial charge is 0.409 e. The predicted octanol–water partition coefficient (Wildman–Crippen LogP) is 1.14. The van der Waals surface area contributed by atoms with Crippen LogP contribution in [0.5, 0.6) is 0 Å². The van der Waals surface area contributed by atoms with E-state index in [1.807, 2.05) is 4.90 Å². The van der Waals surface area contributed by atoms with E-state index in [0.717, 1.165) is 12.1 Å². The number of halogens is 2. The number of sulfonamides is 1. The average Bonchev–Trinajstić information content (AvgIpc) is 2.57. The highest BCUT2D eigenvalue weighted by molar-refractivity contribution is 7.89. The van der Waals surface area contributed by atoms with E-state index in [0.29, 0.717) is 32.7 Å². The van der Waals surface area contributed by atoms with E-state index in [1.165, 1.54) is 13.2 Å². The van der Waals surface area contributed by atoms with Crippen molar-refractivity contribution in [2.75, 3.05) is 46.4 Å². The highest BCUT2D eigenvalue weighted by Crippen LogP contribution is 2.19. The zero-order valence-electron chi connectivity index (χ0n) is 13.2. The molecule has 1 aliphatic heterocycles. The van der Waals surface area contributed by atoms with Crippen molar-refractivity contribution >= 4 is 27.7 Å². The molecule has 1 aromatic carbocycles. The van der Waals surface area contributed by atoms with Crippen LogP contribution < -0.4 is 4.72 Å². The van der Waals surface area contributed by atoms with Crippen molar-refractivity contribution in [1.82, 2.24) is 14.5 Å². The quantitative estimate of drug-likeness (QED) is 0.830. The van der Waals surface area contributed by atoms with Crippen molar-refractivity contribution in [3.63, 3.8) is 0 Å². The zero-order valence-corrected chi connectivity index (χ0v) is 14.7. The third kappa shape index (κ3) is 4.79. The average molecular weight is 380 g/mol. The van der Waals surface area contributed by atoms with Crippen molar-refractivity contribution in [3.05, 3.63) is 29.0 Å². The molecule has 24 heavy (non-hydrogen) atoms. The second-order valence-corrected chi connectivity index (χ2v) is 7.45. The van der Waals surface area contributed by atoms with Gasteiger partial charge in [0.05, 0.1) is 17.0 Å². The van der Waals surface area contributed by atoms with E-state index >= 15 is 0 Å². The van der Waals surface area contributed by atoms with Crippen LogP contribution in [0.15, 0.2) is 23.1 Å². The van der Waals surface area contributed by atoms with Gasteiger partial charge in [-0.15, -0.1) is 0 Å². The minimum absolute atomic E-state index is 0.0792. The van der Waals surface area contributed by atoms with Gasteiger partial charge < -0.3 is 9.64 Å². The van der Waals surface area contributed by atoms with E-state index in [2.05, 4.69) is 9.46 Å². The summed E-state index contributed by atoms with van der Waals surface area (Å²) in [5.74, 6) is -0.668. The van der Waals surface area contributed by atoms with Crippen LogP contribution in [-0.4, -0.2) is 70.7 Å². The molecule has 0 unspecified atom stereocenters. The number of piperazine rings is 1. The second kappa shape index (κ2) is 8.11. The molecule has 1 fully saturated rings. The number of hydrogen-bond acceptors (Lipinski definition) is 5. The summed E-state index contributed by atoms with van der Waals surface area (Å²) in [7, 11) is -2.40. The van der Waals surface area contributed by atoms with Gasteiger partial charge in [0.2, 0.25) is 10.0 Å². The molecule has 1 N–H and O–H groups in total. The largest absolute Gasteiger partial charge is 0.453 e. The minimum atomic E-state index is -3.74. The van der Waals surface area contributed by atoms with Gasteiger partial charge in [-0.05, 0) is 18.2 Å². The van der Waals surface area contributed by atoms with E-state index in [1.54, 1.807) is 4.90 Å². The first-order valence-electron chi connectivity index (χ1n) is 7.33. The summed E-state index contributed by atoms with van der Waals surface area (Å²) in [6, 6.07) is 3.26. The van der Waals surface area contributed by atoms with Crippen LogP contribution in [0.3, 0.4) is 0 Å². The van der Waals surface area contributed by atoms with Crippen molar-refractivity contribution < 1.29 is 22.3 Å². The van der Waals surface area contributed by atoms with Crippen molar-refractivity contribution in [1.29, 1.82) is 0 Å². The van der Waals surface area contributed by atoms with Gasteiger partial charge >= 0.3 is 6.09 Å². The molecule has 134 valence electrons. The highest BCUT2D eigenvalue weighted by atomic mass is 35.5. The van der Waals surface area contributed by atoms with Gasteiger partial charge in [0.25, 0.3) is 0 Å². The summed E-state index contributed by atoms with van der Waals surface area (Å²) in [6.07, 6.45) is -0.358. The Morgan fingerprint density at radius 3 is 2.58 bits per heavy atom. The van der Waals surface area contributed by atoms with E-state index < -0.39 is 15.8 Å². The molecule has 0 aliphatic carbocycles. The van der Waals surface area contributed by atoms with Gasteiger partial charge in [-0.25, -0.2) is 22.3 Å². The molecule has 1 amide bonds. The Morgan fingerprint density at radius 1 is 1.33 bits per heavy atom. The lowest BCUT2D eigenvalue weighted by Crippen LogP contribution is -2.50. The van der Waals surface area contributed by atoms with Gasteiger partial charge in [0, 0.05) is 39.3 Å². The third-order valence-electron chi connectivity index (χ3n) is 3.73. The molecular formula is C14H19ClFN3O4S. The fourth-order valence-electron chi connectivity index (χ4n) is 2.35. The summed E-state index contributed by atoms with van der Waals surface area (Å²) in [4.78, 5) is 14.9. The van der Waals surface area contributed by atoms with Crippen LogP contribution in [0.25, 0.3) is 0 Å². The Labute approximate surface area is 145 Å². The van der Waals surface area contributed by atoms with Crippen LogP contribution in [-0.2, 0) is 14.8 Å². The first kappa shape index (κ1) is 18.9. The molecule has 2 rings (SSSR count). The summed E-state index contributed by atoms with van der Waals surface area (Å²) in [5.41, 5.74) is 0. The number of hydrogen-bond donors (Lipinski definition) is 1. The number of nitrogens with one attached hydrogen (secondary N) is 1. The van der Waals surface area contributed by atoms with E-state index in [-0.39, 0.29) is 22.6 Å². The number of methoxy groups -OCH3 is 1. The molecule has 0 radical (unpaired) electrons. The lowest BCUT2D eigenvalue weighted by molar-refractivity contribution is 0.0918. The van der Waals surface area contributed by atoms with Crippen molar-refractivity contribution in [2.24, 2.45) is 0 Å². The topological polar surface area (TPSA) is 79.0 Å². The molecule has 1 aliphatic rings. The Balaban J connectivity index is 1.81. The maximum absolute atomic E-state index is 13.1. The predicted molar refractivity (Wildman–Crippen MR) is 87.0 cm³/mol. The first-order chi connectivity index (χ1) is 11.3. The van der Waals surface area contributed by atoms with Crippen LogP contribution in [0.4, 0.5) is 9.18 Å². The molecule has 1 saturated heterocycles. The maximum atomic E-state index is 13.1. The Hall–Kier alpha value is -1.42. The molecule has 0 spiro atoms. The second-order valence-electron chi connectivity index (χ2n) is 5.27. The summed E-state index contributed by atoms with van der Waals surface area (Å²) < 4.78 is 44.5. The SMILES string of the molecule is COC(=O)N1CCN(CCNS(=O)(=O)c2ccc(F)c(Cl)c2)CC1. The molecule has 7 nitrogen and oxygen atoms in total. The summed E-state index contributed by atoms with van der Waals surface area (Å²) >= 11 is 5.61. The molecule has 1 heterocycles. The summed E-state index contributed by atoms with van der Waals surface area (Å²) in [6.45, 7) is 3.05. The van der Waals surface area contributed by atoms with Crippen LogP contribution in [0.1, 0.15) is 0 Å². The van der Waals surface area contributed by atoms with Gasteiger partial charge in [0.1, 0.15) is 5.82 Å². The number of ether oxygens (including phenoxy) is 1. The monoisotopic (exact) mass is 379 g/mol. The van der Waals surface area contributed by atoms with Gasteiger partial charge in [0.15, 0.2) is 0 Å². The minimum Gasteiger partial charge on any atom is -0.453 e. The lowest BCUT2D eigenvalue weighted by Gasteiger charge is -2.33. The number of nitrogens with zero attached hydrogens (tertiary/aromatic N) is 2. The number of carbonyl (C=O) groups excluding carboxylic acids is 1. The van der Waals surface area contributed by atoms with Gasteiger partial charge in [-0.3, -0.25) is 4.90 Å². The fraction of sp³-hybridized carbons (Fsp3) is 0.500. The zero-order chi connectivity index (χ0) is 17.7. The highest BCUT2D eigenvalue weighted by Gasteiger charge is 2.22. The Bertz CT molecular complexity index is 693. The molecular weight excluding hydrogens is 361 g/mol. The molecule has 1 aromatic rings. The standard InChI is InChI=1S/C14H19ClFN3O4S/c1-23-14(20)19-8-6-18(7-9-19)5-4-17-24(21,22)11-2-3-13(16)12(15)10-11/h2-3,10,17H,4-9H2,1H3. The number of carbonyl (C=O) groups is 1. The number of rotatable bonds is 5. The Morgan fingerprint density at radius 2 is 2.00 bits per heavy atom. The van der Waals surface area contributed by atoms with Crippen molar-refractivity contribution in [2.45, 2.75) is 4.90 Å². The van der Waals surface area contributed by atoms with Gasteiger partial charge in [-0.1, -0.05) is 11.6 Å². The fourth-order valence-corrected chi connectivity index (χ4v) is 3.64. The molecule has 0 aromatic heterocycles. The molecule has 0 atom stereocenters. The molecule has 0 bridgehead atoms. The molecule has 0 saturated carbocycles. The normalized spacial score (nSPS) is 16.2. The van der Waals surface area contributed by atoms with Crippen LogP contribution in [0, 0.1) is 5.82 Å². The van der Waals surface area contributed by atoms with Crippen molar-refractivity contribution in [3.8, 4) is 0 Å². The maximum Gasteiger partial charge on any atom is 0.409 e. The third-order valence-corrected chi connectivity index (χ3v) is 5.47. The summed E-state index contributed by atoms with van der Waals surface area (Å²) in [5, 5.41) is -0.239. The number of amides is 1. The number of benzene rings is 1. The lowest BCUT2D eigenvalue weighted by atomic mass is 10.3. The van der Waals surface area contributed by atoms with E-state index in [4.69, 9.17) is 11.6 Å². The Kier molecular flexibility index (Phi) is 6.39. The molecule has 10 heteroatoms. The van der Waals surface area contributed by atoms with Gasteiger partial charge in [-0.2, -0.15) is 0 Å². The van der Waals surface area contributed by atoms with Crippen LogP contribution in [0.2, 0.25) is 5.02 Å².